The average Bonchev–Trinajstić information content (AvgIpc) is 3.15. The van der Waals surface area contributed by atoms with Gasteiger partial charge in [-0.15, -0.1) is 0 Å². The Morgan fingerprint density at radius 2 is 1.97 bits per heavy atom. The first-order valence-electron chi connectivity index (χ1n) is 12.3. The molecule has 3 heterocycles. The summed E-state index contributed by atoms with van der Waals surface area (Å²) in [5.74, 6) is 0.496. The van der Waals surface area contributed by atoms with Crippen molar-refractivity contribution in [2.45, 2.75) is 45.0 Å². The van der Waals surface area contributed by atoms with Crippen LogP contribution in [0.5, 0.6) is 5.75 Å². The van der Waals surface area contributed by atoms with Gasteiger partial charge in [0.05, 0.1) is 11.9 Å². The molecule has 200 valence electrons. The maximum Gasteiger partial charge on any atom is 0.387 e. The van der Waals surface area contributed by atoms with Crippen LogP contribution in [0, 0.1) is 6.92 Å². The van der Waals surface area contributed by atoms with E-state index in [9.17, 15) is 13.6 Å². The molecule has 2 bridgehead atoms. The number of anilines is 5. The number of hydrogen-bond acceptors (Lipinski definition) is 8. The molecule has 38 heavy (non-hydrogen) atoms. The maximum atomic E-state index is 13.3. The topological polar surface area (TPSA) is 103 Å². The molecule has 0 saturated carbocycles. The summed E-state index contributed by atoms with van der Waals surface area (Å²) in [6.45, 7) is 1.04. The Balaban J connectivity index is 1.39. The summed E-state index contributed by atoms with van der Waals surface area (Å²) >= 11 is 6.36. The second-order valence-electron chi connectivity index (χ2n) is 9.24. The van der Waals surface area contributed by atoms with Crippen molar-refractivity contribution in [3.63, 3.8) is 0 Å². The molecular formula is C26H28ClF2N7O2. The third-order valence-corrected chi connectivity index (χ3v) is 7.20. The normalized spacial score (nSPS) is 18.4. The number of carbonyl (C=O) groups excluding carboxylic acids is 1. The predicted octanol–water partition coefficient (Wildman–Crippen LogP) is 4.71. The van der Waals surface area contributed by atoms with Crippen molar-refractivity contribution in [3.8, 4) is 5.75 Å². The summed E-state index contributed by atoms with van der Waals surface area (Å²) in [7, 11) is 0. The molecule has 2 fully saturated rings. The SMILES string of the molecule is Cc1c(CNC=O)cccc1Nc1nc(Nc2ccc(N3[C@H]4CC[C@H]3CNC4)cc2OC(F)F)ncc1Cl. The number of aromatic nitrogens is 2. The lowest BCUT2D eigenvalue weighted by atomic mass is 10.1. The fourth-order valence-electron chi connectivity index (χ4n) is 5.09. The largest absolute Gasteiger partial charge is 0.433 e. The Hall–Kier alpha value is -3.70. The minimum Gasteiger partial charge on any atom is -0.433 e. The third kappa shape index (κ3) is 5.58. The smallest absolute Gasteiger partial charge is 0.387 e. The first-order chi connectivity index (χ1) is 18.4. The quantitative estimate of drug-likeness (QED) is 0.273. The van der Waals surface area contributed by atoms with E-state index in [1.54, 1.807) is 12.1 Å². The number of carbonyl (C=O) groups is 1. The van der Waals surface area contributed by atoms with Crippen molar-refractivity contribution in [3.05, 3.63) is 58.7 Å². The number of nitrogens with one attached hydrogen (secondary N) is 4. The number of hydrogen-bond donors (Lipinski definition) is 4. The molecule has 2 saturated heterocycles. The van der Waals surface area contributed by atoms with E-state index in [-0.39, 0.29) is 16.7 Å². The van der Waals surface area contributed by atoms with Crippen LogP contribution >= 0.6 is 11.6 Å². The van der Waals surface area contributed by atoms with Gasteiger partial charge in [0.15, 0.2) is 11.6 Å². The van der Waals surface area contributed by atoms with Crippen LogP contribution in [0.2, 0.25) is 5.02 Å². The Bertz CT molecular complexity index is 1300. The lowest BCUT2D eigenvalue weighted by Crippen LogP contribution is -2.51. The van der Waals surface area contributed by atoms with E-state index < -0.39 is 6.61 Å². The van der Waals surface area contributed by atoms with Crippen LogP contribution in [-0.2, 0) is 11.3 Å². The van der Waals surface area contributed by atoms with Gasteiger partial charge >= 0.3 is 6.61 Å². The summed E-state index contributed by atoms with van der Waals surface area (Å²) in [5, 5.41) is 12.5. The van der Waals surface area contributed by atoms with Crippen molar-refractivity contribution < 1.29 is 18.3 Å². The van der Waals surface area contributed by atoms with E-state index in [0.29, 0.717) is 36.5 Å². The number of nitrogens with zero attached hydrogens (tertiary/aromatic N) is 3. The highest BCUT2D eigenvalue weighted by Gasteiger charge is 2.36. The summed E-state index contributed by atoms with van der Waals surface area (Å²) in [6.07, 6.45) is 4.19. The van der Waals surface area contributed by atoms with Gasteiger partial charge in [-0.25, -0.2) is 4.98 Å². The number of ether oxygens (including phenoxy) is 1. The Morgan fingerprint density at radius 1 is 1.18 bits per heavy atom. The van der Waals surface area contributed by atoms with Gasteiger partial charge in [0.1, 0.15) is 5.02 Å². The lowest BCUT2D eigenvalue weighted by molar-refractivity contribution is -0.109. The Kier molecular flexibility index (Phi) is 7.75. The highest BCUT2D eigenvalue weighted by atomic mass is 35.5. The molecule has 2 aliphatic rings. The highest BCUT2D eigenvalue weighted by Crippen LogP contribution is 2.38. The van der Waals surface area contributed by atoms with Gasteiger partial charge < -0.3 is 30.9 Å². The number of amides is 1. The standard InChI is InChI=1S/C26H28ClF2N7O2/c1-15-16(10-31-14-37)3-2-4-21(15)33-24-20(27)13-32-26(35-24)34-22-8-7-17(9-23(22)38-25(28)29)36-18-5-6-19(36)12-30-11-18/h2-4,7-9,13-14,18-19,25,30H,5-6,10-12H2,1H3,(H,31,37)(H2,32,33,34,35)/t18-,19-/m0/s1. The lowest BCUT2D eigenvalue weighted by Gasteiger charge is -2.37. The number of benzene rings is 2. The van der Waals surface area contributed by atoms with Crippen LogP contribution in [0.1, 0.15) is 24.0 Å². The van der Waals surface area contributed by atoms with E-state index in [0.717, 1.165) is 48.4 Å². The first-order valence-corrected chi connectivity index (χ1v) is 12.7. The second kappa shape index (κ2) is 11.4. The molecule has 3 aromatic rings. The maximum absolute atomic E-state index is 13.3. The number of rotatable bonds is 10. The molecule has 4 N–H and O–H groups in total. The molecule has 9 nitrogen and oxygen atoms in total. The number of alkyl halides is 2. The Morgan fingerprint density at radius 3 is 2.71 bits per heavy atom. The zero-order valence-corrected chi connectivity index (χ0v) is 21.4. The molecule has 0 spiro atoms. The van der Waals surface area contributed by atoms with Gasteiger partial charge in [0, 0.05) is 49.2 Å². The summed E-state index contributed by atoms with van der Waals surface area (Å²) in [4.78, 5) is 21.7. The van der Waals surface area contributed by atoms with Crippen LogP contribution in [0.4, 0.5) is 37.6 Å². The van der Waals surface area contributed by atoms with Crippen molar-refractivity contribution >= 4 is 46.8 Å². The van der Waals surface area contributed by atoms with E-state index in [4.69, 9.17) is 16.3 Å². The molecule has 2 aliphatic heterocycles. The van der Waals surface area contributed by atoms with Crippen LogP contribution < -0.4 is 30.9 Å². The van der Waals surface area contributed by atoms with Crippen LogP contribution in [0.15, 0.2) is 42.6 Å². The first kappa shape index (κ1) is 25.9. The monoisotopic (exact) mass is 543 g/mol. The zero-order chi connectivity index (χ0) is 26.6. The molecule has 5 rings (SSSR count). The molecule has 12 heteroatoms. The van der Waals surface area contributed by atoms with Crippen LogP contribution in [-0.4, -0.2) is 48.2 Å². The molecular weight excluding hydrogens is 516 g/mol. The highest BCUT2D eigenvalue weighted by molar-refractivity contribution is 6.32. The van der Waals surface area contributed by atoms with Crippen molar-refractivity contribution in [2.24, 2.45) is 0 Å². The van der Waals surface area contributed by atoms with Crippen molar-refractivity contribution in [1.82, 2.24) is 20.6 Å². The van der Waals surface area contributed by atoms with E-state index in [1.165, 1.54) is 6.20 Å². The summed E-state index contributed by atoms with van der Waals surface area (Å²) in [6, 6.07) is 11.5. The number of piperazine rings is 1. The fourth-order valence-corrected chi connectivity index (χ4v) is 5.23. The molecule has 1 amide bonds. The predicted molar refractivity (Wildman–Crippen MR) is 143 cm³/mol. The third-order valence-electron chi connectivity index (χ3n) is 6.92. The molecule has 2 aromatic carbocycles. The number of halogens is 3. The fraction of sp³-hybridized carbons (Fsp3) is 0.346. The molecule has 0 aliphatic carbocycles. The van der Waals surface area contributed by atoms with E-state index >= 15 is 0 Å². The Labute approximate surface area is 223 Å². The zero-order valence-electron chi connectivity index (χ0n) is 20.7. The minimum atomic E-state index is -2.99. The van der Waals surface area contributed by atoms with Crippen LogP contribution in [0.25, 0.3) is 0 Å². The minimum absolute atomic E-state index is 0.00900. The van der Waals surface area contributed by atoms with Gasteiger partial charge in [-0.3, -0.25) is 4.79 Å². The summed E-state index contributed by atoms with van der Waals surface area (Å²) < 4.78 is 31.5. The second-order valence-corrected chi connectivity index (χ2v) is 9.65. The average molecular weight is 544 g/mol. The van der Waals surface area contributed by atoms with Crippen LogP contribution in [0.3, 0.4) is 0 Å². The molecule has 2 atom stereocenters. The van der Waals surface area contributed by atoms with E-state index in [2.05, 4.69) is 36.1 Å². The van der Waals surface area contributed by atoms with E-state index in [1.807, 2.05) is 31.2 Å². The van der Waals surface area contributed by atoms with Crippen molar-refractivity contribution in [2.75, 3.05) is 28.6 Å². The molecule has 0 unspecified atom stereocenters. The van der Waals surface area contributed by atoms with Gasteiger partial charge in [-0.1, -0.05) is 23.7 Å². The van der Waals surface area contributed by atoms with Gasteiger partial charge in [0.25, 0.3) is 0 Å². The number of fused-ring (bicyclic) bond motifs is 2. The van der Waals surface area contributed by atoms with Crippen molar-refractivity contribution in [1.29, 1.82) is 0 Å². The molecule has 1 aromatic heterocycles. The van der Waals surface area contributed by atoms with Gasteiger partial charge in [-0.2, -0.15) is 13.8 Å². The summed E-state index contributed by atoms with van der Waals surface area (Å²) in [5.41, 5.74) is 3.74. The van der Waals surface area contributed by atoms with Gasteiger partial charge in [-0.05, 0) is 49.1 Å². The van der Waals surface area contributed by atoms with Gasteiger partial charge in [0.2, 0.25) is 12.4 Å². The molecule has 0 radical (unpaired) electrons.